The highest BCUT2D eigenvalue weighted by molar-refractivity contribution is 5.42. The Morgan fingerprint density at radius 3 is 2.67 bits per heavy atom. The Morgan fingerprint density at radius 2 is 2.00 bits per heavy atom. The van der Waals surface area contributed by atoms with Gasteiger partial charge in [-0.05, 0) is 19.4 Å². The summed E-state index contributed by atoms with van der Waals surface area (Å²) in [6, 6.07) is 7.49. The number of ether oxygens (including phenoxy) is 2. The van der Waals surface area contributed by atoms with Crippen molar-refractivity contribution < 1.29 is 14.6 Å². The number of aryl methyl sites for hydroxylation is 1. The van der Waals surface area contributed by atoms with Gasteiger partial charge in [0.2, 0.25) is 0 Å². The van der Waals surface area contributed by atoms with Gasteiger partial charge in [-0.1, -0.05) is 25.1 Å². The number of hydrogen-bond donors (Lipinski definition) is 1. The molecule has 1 heterocycles. The maximum atomic E-state index is 10.8. The molecule has 0 amide bonds. The maximum Gasteiger partial charge on any atom is 0.163 e. The second kappa shape index (κ2) is 7.13. The summed E-state index contributed by atoms with van der Waals surface area (Å²) in [4.78, 5) is 0. The highest BCUT2D eigenvalue weighted by Crippen LogP contribution is 2.34. The largest absolute Gasteiger partial charge is 0.493 e. The molecule has 0 radical (unpaired) electrons. The van der Waals surface area contributed by atoms with Crippen LogP contribution < -0.4 is 9.47 Å². The average molecular weight is 290 g/mol. The molecule has 0 saturated carbocycles. The summed E-state index contributed by atoms with van der Waals surface area (Å²) >= 11 is 0. The zero-order valence-electron chi connectivity index (χ0n) is 12.7. The lowest BCUT2D eigenvalue weighted by Gasteiger charge is -2.18. The van der Waals surface area contributed by atoms with E-state index in [0.29, 0.717) is 23.8 Å². The SMILES string of the molecule is CCCn1ncc(OC)c1C(O)c1ccccc1OCC. The van der Waals surface area contributed by atoms with Gasteiger partial charge in [0.1, 0.15) is 17.5 Å². The molecule has 2 aromatic rings. The Hall–Kier alpha value is -2.01. The van der Waals surface area contributed by atoms with Crippen molar-refractivity contribution in [1.29, 1.82) is 0 Å². The first-order chi connectivity index (χ1) is 10.2. The van der Waals surface area contributed by atoms with Crippen LogP contribution in [0, 0.1) is 0 Å². The number of aliphatic hydroxyl groups is 1. The van der Waals surface area contributed by atoms with Crippen LogP contribution in [0.4, 0.5) is 0 Å². The van der Waals surface area contributed by atoms with Gasteiger partial charge >= 0.3 is 0 Å². The van der Waals surface area contributed by atoms with E-state index in [0.717, 1.165) is 18.5 Å². The molecule has 114 valence electrons. The van der Waals surface area contributed by atoms with Crippen LogP contribution in [0.5, 0.6) is 11.5 Å². The van der Waals surface area contributed by atoms with E-state index in [4.69, 9.17) is 9.47 Å². The third-order valence-corrected chi connectivity index (χ3v) is 3.27. The molecule has 5 heteroatoms. The van der Waals surface area contributed by atoms with Crippen LogP contribution in [0.15, 0.2) is 30.5 Å². The third-order valence-electron chi connectivity index (χ3n) is 3.27. The van der Waals surface area contributed by atoms with Gasteiger partial charge in [0.15, 0.2) is 5.75 Å². The number of methoxy groups -OCH3 is 1. The Kier molecular flexibility index (Phi) is 5.22. The van der Waals surface area contributed by atoms with Crippen molar-refractivity contribution in [3.8, 4) is 11.5 Å². The van der Waals surface area contributed by atoms with E-state index in [1.54, 1.807) is 18.0 Å². The topological polar surface area (TPSA) is 56.5 Å². The Bertz CT molecular complexity index is 581. The molecule has 0 aliphatic carbocycles. The monoisotopic (exact) mass is 290 g/mol. The van der Waals surface area contributed by atoms with Gasteiger partial charge in [-0.25, -0.2) is 0 Å². The lowest BCUT2D eigenvalue weighted by Crippen LogP contribution is -2.12. The lowest BCUT2D eigenvalue weighted by molar-refractivity contribution is 0.195. The highest BCUT2D eigenvalue weighted by Gasteiger charge is 2.23. The van der Waals surface area contributed by atoms with E-state index in [9.17, 15) is 5.11 Å². The van der Waals surface area contributed by atoms with Crippen LogP contribution in [0.1, 0.15) is 37.6 Å². The fraction of sp³-hybridized carbons (Fsp3) is 0.438. The Balaban J connectivity index is 2.44. The van der Waals surface area contributed by atoms with Crippen molar-refractivity contribution in [3.63, 3.8) is 0 Å². The summed E-state index contributed by atoms with van der Waals surface area (Å²) in [5, 5.41) is 15.1. The predicted octanol–water partition coefficient (Wildman–Crippen LogP) is 2.78. The van der Waals surface area contributed by atoms with Crippen LogP contribution in [-0.4, -0.2) is 28.6 Å². The molecule has 5 nitrogen and oxygen atoms in total. The molecule has 1 atom stereocenters. The minimum absolute atomic E-state index is 0.551. The maximum absolute atomic E-state index is 10.8. The summed E-state index contributed by atoms with van der Waals surface area (Å²) in [6.07, 6.45) is 1.73. The molecule has 0 fully saturated rings. The standard InChI is InChI=1S/C16H22N2O3/c1-4-10-18-15(14(20-3)11-17-18)16(19)12-8-6-7-9-13(12)21-5-2/h6-9,11,16,19H,4-5,10H2,1-3H3. The zero-order valence-corrected chi connectivity index (χ0v) is 12.7. The summed E-state index contributed by atoms with van der Waals surface area (Å²) in [7, 11) is 1.58. The fourth-order valence-corrected chi connectivity index (χ4v) is 2.34. The third kappa shape index (κ3) is 3.19. The van der Waals surface area contributed by atoms with Gasteiger partial charge in [0.05, 0.1) is 19.9 Å². The second-order valence-electron chi connectivity index (χ2n) is 4.69. The van der Waals surface area contributed by atoms with E-state index in [-0.39, 0.29) is 0 Å². The van der Waals surface area contributed by atoms with E-state index < -0.39 is 6.10 Å². The smallest absolute Gasteiger partial charge is 0.163 e. The highest BCUT2D eigenvalue weighted by atomic mass is 16.5. The number of rotatable bonds is 7. The molecule has 0 aliphatic rings. The average Bonchev–Trinajstić information content (AvgIpc) is 2.91. The first-order valence-electron chi connectivity index (χ1n) is 7.22. The Morgan fingerprint density at radius 1 is 1.24 bits per heavy atom. The summed E-state index contributed by atoms with van der Waals surface area (Å²) in [5.74, 6) is 1.26. The number of aromatic nitrogens is 2. The van der Waals surface area contributed by atoms with Crippen molar-refractivity contribution >= 4 is 0 Å². The number of benzene rings is 1. The van der Waals surface area contributed by atoms with E-state index >= 15 is 0 Å². The zero-order chi connectivity index (χ0) is 15.2. The van der Waals surface area contributed by atoms with Gasteiger partial charge in [-0.3, -0.25) is 4.68 Å². The van der Waals surface area contributed by atoms with Crippen LogP contribution in [-0.2, 0) is 6.54 Å². The molecule has 21 heavy (non-hydrogen) atoms. The van der Waals surface area contributed by atoms with Gasteiger partial charge in [-0.2, -0.15) is 5.10 Å². The minimum atomic E-state index is -0.836. The van der Waals surface area contributed by atoms with Gasteiger partial charge in [-0.15, -0.1) is 0 Å². The van der Waals surface area contributed by atoms with Crippen LogP contribution in [0.2, 0.25) is 0 Å². The number of nitrogens with zero attached hydrogens (tertiary/aromatic N) is 2. The first-order valence-corrected chi connectivity index (χ1v) is 7.22. The first kappa shape index (κ1) is 15.4. The molecule has 1 aromatic heterocycles. The van der Waals surface area contributed by atoms with Crippen molar-refractivity contribution in [2.24, 2.45) is 0 Å². The van der Waals surface area contributed by atoms with Gasteiger partial charge in [0.25, 0.3) is 0 Å². The lowest BCUT2D eigenvalue weighted by atomic mass is 10.0. The molecule has 1 unspecified atom stereocenters. The van der Waals surface area contributed by atoms with E-state index in [2.05, 4.69) is 12.0 Å². The molecule has 0 spiro atoms. The Labute approximate surface area is 125 Å². The molecule has 0 aliphatic heterocycles. The summed E-state index contributed by atoms with van der Waals surface area (Å²) in [5.41, 5.74) is 1.38. The quantitative estimate of drug-likeness (QED) is 0.852. The molecule has 0 saturated heterocycles. The van der Waals surface area contributed by atoms with Crippen LogP contribution in [0.3, 0.4) is 0 Å². The van der Waals surface area contributed by atoms with E-state index in [1.807, 2.05) is 31.2 Å². The second-order valence-corrected chi connectivity index (χ2v) is 4.69. The summed E-state index contributed by atoms with van der Waals surface area (Å²) in [6.45, 7) is 5.27. The van der Waals surface area contributed by atoms with E-state index in [1.165, 1.54) is 0 Å². The molecule has 1 aromatic carbocycles. The van der Waals surface area contributed by atoms with Crippen molar-refractivity contribution in [2.75, 3.05) is 13.7 Å². The molecule has 0 bridgehead atoms. The fourth-order valence-electron chi connectivity index (χ4n) is 2.34. The van der Waals surface area contributed by atoms with Gasteiger partial charge in [0, 0.05) is 12.1 Å². The van der Waals surface area contributed by atoms with Crippen LogP contribution in [0.25, 0.3) is 0 Å². The predicted molar refractivity (Wildman–Crippen MR) is 80.7 cm³/mol. The van der Waals surface area contributed by atoms with Crippen molar-refractivity contribution in [1.82, 2.24) is 9.78 Å². The van der Waals surface area contributed by atoms with Crippen molar-refractivity contribution in [2.45, 2.75) is 32.9 Å². The number of para-hydroxylation sites is 1. The summed E-state index contributed by atoms with van der Waals surface area (Å²) < 4.78 is 12.7. The number of hydrogen-bond acceptors (Lipinski definition) is 4. The van der Waals surface area contributed by atoms with Gasteiger partial charge < -0.3 is 14.6 Å². The van der Waals surface area contributed by atoms with Crippen molar-refractivity contribution in [3.05, 3.63) is 41.7 Å². The normalized spacial score (nSPS) is 12.2. The number of aliphatic hydroxyl groups excluding tert-OH is 1. The molecule has 1 N–H and O–H groups in total. The van der Waals surface area contributed by atoms with Crippen LogP contribution >= 0.6 is 0 Å². The molecule has 2 rings (SSSR count). The molecular formula is C16H22N2O3. The minimum Gasteiger partial charge on any atom is -0.493 e. The molecular weight excluding hydrogens is 268 g/mol.